The molecular weight excluding hydrogens is 219 g/mol. The SMILES string of the molecule is O=C(O)CC1(c2ccc3c(c2F)CCC3)CC1. The number of rotatable bonds is 3. The molecule has 1 fully saturated rings. The van der Waals surface area contributed by atoms with Crippen molar-refractivity contribution in [2.75, 3.05) is 0 Å². The molecule has 0 unspecified atom stereocenters. The Hall–Kier alpha value is -1.38. The number of hydrogen-bond acceptors (Lipinski definition) is 1. The second-order valence-corrected chi connectivity index (χ2v) is 5.27. The first-order valence-electron chi connectivity index (χ1n) is 6.15. The number of benzene rings is 1. The van der Waals surface area contributed by atoms with E-state index in [1.54, 1.807) is 0 Å². The molecule has 2 aliphatic carbocycles. The Kier molecular flexibility index (Phi) is 2.25. The van der Waals surface area contributed by atoms with Crippen molar-refractivity contribution >= 4 is 5.97 Å². The predicted octanol–water partition coefficient (Wildman–Crippen LogP) is 2.82. The zero-order valence-corrected chi connectivity index (χ0v) is 9.63. The Morgan fingerprint density at radius 2 is 2.12 bits per heavy atom. The number of fused-ring (bicyclic) bond motifs is 1. The third-order valence-corrected chi connectivity index (χ3v) is 4.13. The molecule has 0 radical (unpaired) electrons. The minimum absolute atomic E-state index is 0.0582. The van der Waals surface area contributed by atoms with Gasteiger partial charge in [0.1, 0.15) is 5.82 Å². The predicted molar refractivity (Wildman–Crippen MR) is 61.6 cm³/mol. The van der Waals surface area contributed by atoms with E-state index in [1.807, 2.05) is 12.1 Å². The quantitative estimate of drug-likeness (QED) is 0.873. The van der Waals surface area contributed by atoms with E-state index in [-0.39, 0.29) is 12.2 Å². The van der Waals surface area contributed by atoms with Gasteiger partial charge in [-0.1, -0.05) is 12.1 Å². The van der Waals surface area contributed by atoms with Crippen LogP contribution >= 0.6 is 0 Å². The number of hydrogen-bond donors (Lipinski definition) is 1. The van der Waals surface area contributed by atoms with E-state index in [0.29, 0.717) is 5.56 Å². The van der Waals surface area contributed by atoms with Crippen molar-refractivity contribution < 1.29 is 14.3 Å². The molecule has 0 aliphatic heterocycles. The summed E-state index contributed by atoms with van der Waals surface area (Å²) in [5.74, 6) is -0.957. The second kappa shape index (κ2) is 3.56. The number of aliphatic carboxylic acids is 1. The van der Waals surface area contributed by atoms with E-state index in [1.165, 1.54) is 0 Å². The first-order valence-corrected chi connectivity index (χ1v) is 6.15. The molecule has 1 aromatic carbocycles. The highest BCUT2D eigenvalue weighted by Gasteiger charge is 2.48. The fourth-order valence-electron chi connectivity index (χ4n) is 3.01. The van der Waals surface area contributed by atoms with Gasteiger partial charge in [-0.2, -0.15) is 0 Å². The van der Waals surface area contributed by atoms with Crippen molar-refractivity contribution in [1.29, 1.82) is 0 Å². The standard InChI is InChI=1S/C14H15FO2/c15-13-10-3-1-2-9(10)4-5-11(13)14(6-7-14)8-12(16)17/h4-5H,1-3,6-8H2,(H,16,17). The zero-order chi connectivity index (χ0) is 12.0. The second-order valence-electron chi connectivity index (χ2n) is 5.27. The van der Waals surface area contributed by atoms with Gasteiger partial charge in [0.25, 0.3) is 0 Å². The monoisotopic (exact) mass is 234 g/mol. The van der Waals surface area contributed by atoms with Crippen LogP contribution in [-0.2, 0) is 23.1 Å². The summed E-state index contributed by atoms with van der Waals surface area (Å²) in [5, 5.41) is 8.91. The van der Waals surface area contributed by atoms with E-state index in [0.717, 1.165) is 43.2 Å². The summed E-state index contributed by atoms with van der Waals surface area (Å²) in [4.78, 5) is 10.9. The number of halogens is 1. The van der Waals surface area contributed by atoms with E-state index in [4.69, 9.17) is 5.11 Å². The van der Waals surface area contributed by atoms with Crippen molar-refractivity contribution in [2.45, 2.75) is 43.9 Å². The Bertz CT molecular complexity index is 489. The molecule has 1 aromatic rings. The first-order chi connectivity index (χ1) is 8.12. The van der Waals surface area contributed by atoms with Crippen LogP contribution in [0.25, 0.3) is 0 Å². The van der Waals surface area contributed by atoms with Gasteiger partial charge in [-0.3, -0.25) is 4.79 Å². The summed E-state index contributed by atoms with van der Waals surface area (Å²) >= 11 is 0. The lowest BCUT2D eigenvalue weighted by Crippen LogP contribution is -2.15. The Balaban J connectivity index is 2.02. The van der Waals surface area contributed by atoms with Crippen molar-refractivity contribution in [2.24, 2.45) is 0 Å². The molecule has 0 spiro atoms. The fraction of sp³-hybridized carbons (Fsp3) is 0.500. The molecule has 0 heterocycles. The number of carbonyl (C=O) groups is 1. The number of carboxylic acids is 1. The summed E-state index contributed by atoms with van der Waals surface area (Å²) in [6.45, 7) is 0. The molecule has 17 heavy (non-hydrogen) atoms. The van der Waals surface area contributed by atoms with E-state index in [9.17, 15) is 9.18 Å². The Morgan fingerprint density at radius 3 is 2.76 bits per heavy atom. The maximum Gasteiger partial charge on any atom is 0.304 e. The molecule has 3 heteroatoms. The van der Waals surface area contributed by atoms with Crippen LogP contribution < -0.4 is 0 Å². The molecule has 3 rings (SSSR count). The highest BCUT2D eigenvalue weighted by Crippen LogP contribution is 2.52. The minimum atomic E-state index is -0.831. The zero-order valence-electron chi connectivity index (χ0n) is 9.63. The Morgan fingerprint density at radius 1 is 1.35 bits per heavy atom. The van der Waals surface area contributed by atoms with Gasteiger partial charge in [0.05, 0.1) is 6.42 Å². The fourth-order valence-corrected chi connectivity index (χ4v) is 3.01. The number of aryl methyl sites for hydroxylation is 1. The topological polar surface area (TPSA) is 37.3 Å². The Labute approximate surface area is 99.5 Å². The van der Waals surface area contributed by atoms with Gasteiger partial charge >= 0.3 is 5.97 Å². The van der Waals surface area contributed by atoms with Gasteiger partial charge in [0.2, 0.25) is 0 Å². The van der Waals surface area contributed by atoms with Crippen LogP contribution in [0, 0.1) is 5.82 Å². The lowest BCUT2D eigenvalue weighted by atomic mass is 9.89. The molecule has 0 amide bonds. The molecular formula is C14H15FO2. The lowest BCUT2D eigenvalue weighted by Gasteiger charge is -2.16. The van der Waals surface area contributed by atoms with Gasteiger partial charge in [-0.05, 0) is 48.8 Å². The minimum Gasteiger partial charge on any atom is -0.481 e. The van der Waals surface area contributed by atoms with Crippen LogP contribution in [0.1, 0.15) is 42.4 Å². The molecule has 1 saturated carbocycles. The van der Waals surface area contributed by atoms with Crippen molar-refractivity contribution in [3.8, 4) is 0 Å². The van der Waals surface area contributed by atoms with Gasteiger partial charge in [-0.25, -0.2) is 4.39 Å². The maximum absolute atomic E-state index is 14.4. The van der Waals surface area contributed by atoms with E-state index < -0.39 is 11.4 Å². The van der Waals surface area contributed by atoms with Gasteiger partial charge < -0.3 is 5.11 Å². The average Bonchev–Trinajstić information content (AvgIpc) is 2.87. The van der Waals surface area contributed by atoms with Gasteiger partial charge in [-0.15, -0.1) is 0 Å². The van der Waals surface area contributed by atoms with Crippen LogP contribution in [0.5, 0.6) is 0 Å². The molecule has 1 N–H and O–H groups in total. The molecule has 0 aromatic heterocycles. The van der Waals surface area contributed by atoms with Crippen molar-refractivity contribution in [3.05, 3.63) is 34.6 Å². The summed E-state index contributed by atoms with van der Waals surface area (Å²) in [6, 6.07) is 3.80. The van der Waals surface area contributed by atoms with Gasteiger partial charge in [0, 0.05) is 5.41 Å². The molecule has 90 valence electrons. The molecule has 2 nitrogen and oxygen atoms in total. The molecule has 0 saturated heterocycles. The number of carboxylic acid groups (broad SMARTS) is 1. The highest BCUT2D eigenvalue weighted by atomic mass is 19.1. The van der Waals surface area contributed by atoms with Crippen LogP contribution in [0.2, 0.25) is 0 Å². The van der Waals surface area contributed by atoms with Crippen LogP contribution in [0.4, 0.5) is 4.39 Å². The van der Waals surface area contributed by atoms with Crippen molar-refractivity contribution in [3.63, 3.8) is 0 Å². The summed E-state index contributed by atoms with van der Waals surface area (Å²) in [7, 11) is 0. The largest absolute Gasteiger partial charge is 0.481 e. The highest BCUT2D eigenvalue weighted by molar-refractivity contribution is 5.70. The normalized spacial score (nSPS) is 20.1. The summed E-state index contributed by atoms with van der Waals surface area (Å²) in [5.41, 5.74) is 2.17. The average molecular weight is 234 g/mol. The van der Waals surface area contributed by atoms with Crippen molar-refractivity contribution in [1.82, 2.24) is 0 Å². The maximum atomic E-state index is 14.4. The molecule has 2 aliphatic rings. The summed E-state index contributed by atoms with van der Waals surface area (Å²) in [6.07, 6.45) is 4.44. The van der Waals surface area contributed by atoms with Crippen LogP contribution in [0.3, 0.4) is 0 Å². The summed E-state index contributed by atoms with van der Waals surface area (Å²) < 4.78 is 14.4. The van der Waals surface area contributed by atoms with E-state index >= 15 is 0 Å². The van der Waals surface area contributed by atoms with Crippen LogP contribution in [-0.4, -0.2) is 11.1 Å². The third kappa shape index (κ3) is 1.65. The van der Waals surface area contributed by atoms with Crippen LogP contribution in [0.15, 0.2) is 12.1 Å². The van der Waals surface area contributed by atoms with E-state index in [2.05, 4.69) is 0 Å². The first kappa shape index (κ1) is 10.8. The van der Waals surface area contributed by atoms with Gasteiger partial charge in [0.15, 0.2) is 0 Å². The molecule has 0 bridgehead atoms. The lowest BCUT2D eigenvalue weighted by molar-refractivity contribution is -0.137. The molecule has 0 atom stereocenters. The third-order valence-electron chi connectivity index (χ3n) is 4.13. The smallest absolute Gasteiger partial charge is 0.304 e.